The second-order valence-electron chi connectivity index (χ2n) is 3.16. The lowest BCUT2D eigenvalue weighted by atomic mass is 10.4. The van der Waals surface area contributed by atoms with E-state index in [-0.39, 0.29) is 5.57 Å². The fourth-order valence-electron chi connectivity index (χ4n) is 0. The third-order valence-electron chi connectivity index (χ3n) is 1.16. The van der Waals surface area contributed by atoms with Crippen molar-refractivity contribution in [2.45, 2.75) is 13.8 Å². The molecule has 0 aromatic heterocycles. The third-order valence-corrected chi connectivity index (χ3v) is 1.16. The maximum Gasteiger partial charge on any atom is 0.0927 e. The Bertz CT molecular complexity index is 147. The Kier molecular flexibility index (Phi) is 6.55. The first kappa shape index (κ1) is 13.7. The second-order valence-corrected chi connectivity index (χ2v) is 3.16. The fraction of sp³-hybridized carbons (Fsp3) is 0.625. The Morgan fingerprint density at radius 3 is 1.75 bits per heavy atom. The summed E-state index contributed by atoms with van der Waals surface area (Å²) < 4.78 is 0.569. The number of carbonyl (C=O) groups is 1. The van der Waals surface area contributed by atoms with Crippen LogP contribution in [0, 0.1) is 0 Å². The minimum atomic E-state index is -1.19. The standard InChI is InChI=1S/C4H13N2.C4H6O2/c1-4-6(2,3)5;1-3(2)4(5)6/h4-5H2,1-3H3;1H2,2H3,(H,5,6)/q+1;/p-1. The number of rotatable bonds is 2. The molecule has 4 nitrogen and oxygen atoms in total. The van der Waals surface area contributed by atoms with Crippen molar-refractivity contribution < 1.29 is 14.5 Å². The van der Waals surface area contributed by atoms with Gasteiger partial charge in [0.2, 0.25) is 0 Å². The van der Waals surface area contributed by atoms with Crippen molar-refractivity contribution >= 4 is 5.97 Å². The topological polar surface area (TPSA) is 66.1 Å². The van der Waals surface area contributed by atoms with E-state index in [1.54, 1.807) is 0 Å². The van der Waals surface area contributed by atoms with E-state index in [9.17, 15) is 9.90 Å². The van der Waals surface area contributed by atoms with Crippen LogP contribution < -0.4 is 10.9 Å². The lowest BCUT2D eigenvalue weighted by Gasteiger charge is -2.18. The third kappa shape index (κ3) is 16.1. The molecule has 0 radical (unpaired) electrons. The van der Waals surface area contributed by atoms with Crippen LogP contribution in [-0.2, 0) is 4.79 Å². The lowest BCUT2D eigenvalue weighted by molar-refractivity contribution is -0.900. The molecule has 0 aliphatic heterocycles. The van der Waals surface area contributed by atoms with Crippen LogP contribution in [-0.4, -0.2) is 31.2 Å². The summed E-state index contributed by atoms with van der Waals surface area (Å²) in [5, 5.41) is 9.49. The first-order valence-electron chi connectivity index (χ1n) is 3.69. The largest absolute Gasteiger partial charge is 0.545 e. The number of hydrogen-bond donors (Lipinski definition) is 1. The van der Waals surface area contributed by atoms with E-state index in [0.29, 0.717) is 4.59 Å². The van der Waals surface area contributed by atoms with Crippen LogP contribution in [0.1, 0.15) is 13.8 Å². The van der Waals surface area contributed by atoms with Crippen LogP contribution in [0.4, 0.5) is 0 Å². The van der Waals surface area contributed by atoms with Crippen molar-refractivity contribution in [3.8, 4) is 0 Å². The highest BCUT2D eigenvalue weighted by atomic mass is 16.4. The molecule has 72 valence electrons. The van der Waals surface area contributed by atoms with Gasteiger partial charge in [-0.25, -0.2) is 0 Å². The van der Waals surface area contributed by atoms with Gasteiger partial charge in [-0.05, 0) is 19.4 Å². The van der Waals surface area contributed by atoms with E-state index < -0.39 is 5.97 Å². The van der Waals surface area contributed by atoms with E-state index in [4.69, 9.17) is 5.84 Å². The number of hydrogen-bond acceptors (Lipinski definition) is 3. The molecule has 0 saturated carbocycles. The molecule has 0 atom stereocenters. The van der Waals surface area contributed by atoms with Crippen molar-refractivity contribution in [2.24, 2.45) is 5.84 Å². The molecule has 0 fully saturated rings. The van der Waals surface area contributed by atoms with Crippen molar-refractivity contribution in [1.29, 1.82) is 0 Å². The van der Waals surface area contributed by atoms with Crippen molar-refractivity contribution in [1.82, 2.24) is 0 Å². The van der Waals surface area contributed by atoms with Gasteiger partial charge in [0.25, 0.3) is 0 Å². The second kappa shape index (κ2) is 5.74. The highest BCUT2D eigenvalue weighted by Gasteiger charge is 1.99. The summed E-state index contributed by atoms with van der Waals surface area (Å²) in [5.41, 5.74) is 0.0648. The Morgan fingerprint density at radius 2 is 1.75 bits per heavy atom. The minimum absolute atomic E-state index is 0.0648. The zero-order valence-electron chi connectivity index (χ0n) is 8.26. The molecule has 0 aliphatic rings. The Hall–Kier alpha value is -0.870. The van der Waals surface area contributed by atoms with Crippen LogP contribution in [0.15, 0.2) is 12.2 Å². The number of carboxylic acids is 1. The van der Waals surface area contributed by atoms with Gasteiger partial charge in [-0.2, -0.15) is 5.84 Å². The number of nitrogens with zero attached hydrogens (tertiary/aromatic N) is 1. The summed E-state index contributed by atoms with van der Waals surface area (Å²) in [6.45, 7) is 7.52. The molecule has 0 aliphatic carbocycles. The zero-order chi connectivity index (χ0) is 10.4. The average molecular weight is 174 g/mol. The van der Waals surface area contributed by atoms with E-state index in [1.807, 2.05) is 14.1 Å². The van der Waals surface area contributed by atoms with E-state index in [2.05, 4.69) is 13.5 Å². The molecule has 0 heterocycles. The molecule has 0 aromatic carbocycles. The molecule has 0 rings (SSSR count). The van der Waals surface area contributed by atoms with Crippen LogP contribution in [0.25, 0.3) is 0 Å². The van der Waals surface area contributed by atoms with Gasteiger partial charge in [0.05, 0.1) is 26.6 Å². The van der Waals surface area contributed by atoms with Crippen molar-refractivity contribution in [3.05, 3.63) is 12.2 Å². The van der Waals surface area contributed by atoms with Crippen LogP contribution >= 0.6 is 0 Å². The first-order valence-corrected chi connectivity index (χ1v) is 3.69. The molecule has 0 unspecified atom stereocenters. The SMILES string of the molecule is C=C(C)C(=O)[O-].CC[N+](C)(C)N. The van der Waals surface area contributed by atoms with E-state index >= 15 is 0 Å². The van der Waals surface area contributed by atoms with E-state index in [0.717, 1.165) is 6.54 Å². The molecule has 0 aromatic rings. The van der Waals surface area contributed by atoms with Gasteiger partial charge in [-0.3, -0.25) is 4.59 Å². The molecular formula is C8H18N2O2. The quantitative estimate of drug-likeness (QED) is 0.260. The maximum absolute atomic E-state index is 9.49. The molecule has 4 heteroatoms. The molecule has 0 saturated heterocycles. The predicted molar refractivity (Wildman–Crippen MR) is 46.7 cm³/mol. The first-order chi connectivity index (χ1) is 5.20. The van der Waals surface area contributed by atoms with Crippen molar-refractivity contribution in [2.75, 3.05) is 20.6 Å². The van der Waals surface area contributed by atoms with Gasteiger partial charge in [0, 0.05) is 0 Å². The Morgan fingerprint density at radius 1 is 1.58 bits per heavy atom. The lowest BCUT2D eigenvalue weighted by Crippen LogP contribution is -2.46. The average Bonchev–Trinajstić information content (AvgIpc) is 1.87. The monoisotopic (exact) mass is 174 g/mol. The summed E-state index contributed by atoms with van der Waals surface area (Å²) in [7, 11) is 3.92. The van der Waals surface area contributed by atoms with Crippen LogP contribution in [0.5, 0.6) is 0 Å². The van der Waals surface area contributed by atoms with Gasteiger partial charge in [-0.15, -0.1) is 0 Å². The highest BCUT2D eigenvalue weighted by Crippen LogP contribution is 1.78. The summed E-state index contributed by atoms with van der Waals surface area (Å²) in [5.74, 6) is 4.29. The summed E-state index contributed by atoms with van der Waals surface area (Å²) in [4.78, 5) is 9.49. The van der Waals surface area contributed by atoms with Crippen molar-refractivity contribution in [3.63, 3.8) is 0 Å². The molecule has 0 amide bonds. The van der Waals surface area contributed by atoms with Crippen LogP contribution in [0.2, 0.25) is 0 Å². The normalized spacial score (nSPS) is 9.75. The van der Waals surface area contributed by atoms with Crippen LogP contribution in [0.3, 0.4) is 0 Å². The molecule has 0 bridgehead atoms. The van der Waals surface area contributed by atoms with Gasteiger partial charge in [-0.1, -0.05) is 6.58 Å². The van der Waals surface area contributed by atoms with Gasteiger partial charge in [0.1, 0.15) is 0 Å². The Labute approximate surface area is 73.8 Å². The molecule has 0 spiro atoms. The number of carboxylic acid groups (broad SMARTS) is 1. The highest BCUT2D eigenvalue weighted by molar-refractivity contribution is 5.82. The summed E-state index contributed by atoms with van der Waals surface area (Å²) in [6.07, 6.45) is 0. The number of carbonyl (C=O) groups excluding carboxylic acids is 1. The van der Waals surface area contributed by atoms with Gasteiger partial charge < -0.3 is 9.90 Å². The fourth-order valence-corrected chi connectivity index (χ4v) is 0. The van der Waals surface area contributed by atoms with E-state index in [1.165, 1.54) is 6.92 Å². The summed E-state index contributed by atoms with van der Waals surface area (Å²) in [6, 6.07) is 0. The minimum Gasteiger partial charge on any atom is -0.545 e. The number of nitrogens with two attached hydrogens (primary N) is 1. The van der Waals surface area contributed by atoms with Gasteiger partial charge in [0.15, 0.2) is 0 Å². The molecular weight excluding hydrogens is 156 g/mol. The number of aliphatic carboxylic acids is 1. The smallest absolute Gasteiger partial charge is 0.0927 e. The summed E-state index contributed by atoms with van der Waals surface area (Å²) >= 11 is 0. The number of quaternary nitrogens is 1. The molecule has 12 heavy (non-hydrogen) atoms. The Balaban J connectivity index is 0. The zero-order valence-corrected chi connectivity index (χ0v) is 8.26. The predicted octanol–water partition coefficient (Wildman–Crippen LogP) is -0.731. The van der Waals surface area contributed by atoms with Gasteiger partial charge >= 0.3 is 0 Å². The molecule has 2 N–H and O–H groups in total. The maximum atomic E-state index is 9.49.